The lowest BCUT2D eigenvalue weighted by atomic mass is 9.98. The van der Waals surface area contributed by atoms with E-state index in [2.05, 4.69) is 10.3 Å². The second-order valence-electron chi connectivity index (χ2n) is 5.44. The monoisotopic (exact) mass is 331 g/mol. The smallest absolute Gasteiger partial charge is 0.249 e. The lowest BCUT2D eigenvalue weighted by molar-refractivity contribution is 0.0275. The molecular weight excluding hydrogens is 313 g/mol. The predicted octanol–water partition coefficient (Wildman–Crippen LogP) is 1.66. The highest BCUT2D eigenvalue weighted by molar-refractivity contribution is 6.00. The first kappa shape index (κ1) is 16.4. The molecule has 0 bridgehead atoms. The van der Waals surface area contributed by atoms with Crippen LogP contribution in [0.2, 0.25) is 0 Å². The van der Waals surface area contributed by atoms with Crippen LogP contribution < -0.4 is 15.8 Å². The molecule has 24 heavy (non-hydrogen) atoms. The Morgan fingerprint density at radius 2 is 2.25 bits per heavy atom. The molecule has 1 aromatic carbocycles. The van der Waals surface area contributed by atoms with Crippen LogP contribution in [-0.2, 0) is 4.74 Å². The summed E-state index contributed by atoms with van der Waals surface area (Å²) in [5.74, 6) is -0.892. The molecule has 126 valence electrons. The number of halogens is 1. The fourth-order valence-electron chi connectivity index (χ4n) is 2.70. The second-order valence-corrected chi connectivity index (χ2v) is 5.44. The molecule has 0 aliphatic carbocycles. The van der Waals surface area contributed by atoms with Crippen LogP contribution in [-0.4, -0.2) is 37.7 Å². The lowest BCUT2D eigenvalue weighted by Gasteiger charge is -2.24. The van der Waals surface area contributed by atoms with E-state index in [-0.39, 0.29) is 23.1 Å². The summed E-state index contributed by atoms with van der Waals surface area (Å²) in [6.45, 7) is 2.01. The molecule has 3 N–H and O–H groups in total. The summed E-state index contributed by atoms with van der Waals surface area (Å²) in [5, 5.41) is 3.20. The van der Waals surface area contributed by atoms with Gasteiger partial charge in [0.25, 0.3) is 0 Å². The molecule has 0 unspecified atom stereocenters. The van der Waals surface area contributed by atoms with Crippen LogP contribution in [0.4, 0.5) is 4.39 Å². The molecule has 2 heterocycles. The zero-order chi connectivity index (χ0) is 17.1. The van der Waals surface area contributed by atoms with Gasteiger partial charge in [0, 0.05) is 36.5 Å². The normalized spacial score (nSPS) is 17.5. The highest BCUT2D eigenvalue weighted by atomic mass is 19.1. The summed E-state index contributed by atoms with van der Waals surface area (Å²) >= 11 is 0. The van der Waals surface area contributed by atoms with Gasteiger partial charge in [-0.05, 0) is 11.6 Å². The Morgan fingerprint density at radius 1 is 1.42 bits per heavy atom. The predicted molar refractivity (Wildman–Crippen MR) is 86.3 cm³/mol. The van der Waals surface area contributed by atoms with E-state index >= 15 is 0 Å². The molecule has 0 radical (unpaired) electrons. The number of rotatable bonds is 4. The minimum atomic E-state index is -0.672. The van der Waals surface area contributed by atoms with Crippen molar-refractivity contribution in [1.82, 2.24) is 10.3 Å². The molecule has 3 rings (SSSR count). The van der Waals surface area contributed by atoms with E-state index in [0.717, 1.165) is 12.1 Å². The third-order valence-electron chi connectivity index (χ3n) is 3.94. The average molecular weight is 331 g/mol. The summed E-state index contributed by atoms with van der Waals surface area (Å²) in [7, 11) is 1.43. The maximum absolute atomic E-state index is 14.6. The highest BCUT2D eigenvalue weighted by Gasteiger charge is 2.20. The van der Waals surface area contributed by atoms with Gasteiger partial charge in [-0.15, -0.1) is 0 Å². The Balaban J connectivity index is 1.99. The summed E-state index contributed by atoms with van der Waals surface area (Å²) in [4.78, 5) is 15.7. The Morgan fingerprint density at radius 3 is 2.88 bits per heavy atom. The number of hydrogen-bond donors (Lipinski definition) is 2. The van der Waals surface area contributed by atoms with Crippen LogP contribution in [0.5, 0.6) is 5.88 Å². The van der Waals surface area contributed by atoms with E-state index in [4.69, 9.17) is 15.2 Å². The first-order chi connectivity index (χ1) is 11.6. The van der Waals surface area contributed by atoms with Gasteiger partial charge in [0.15, 0.2) is 0 Å². The van der Waals surface area contributed by atoms with E-state index in [1.54, 1.807) is 12.1 Å². The maximum Gasteiger partial charge on any atom is 0.249 e. The molecule has 7 heteroatoms. The first-order valence-corrected chi connectivity index (χ1v) is 7.56. The van der Waals surface area contributed by atoms with E-state index in [1.807, 2.05) is 0 Å². The number of nitrogens with two attached hydrogens (primary N) is 1. The summed E-state index contributed by atoms with van der Waals surface area (Å²) < 4.78 is 25.2. The number of hydrogen-bond acceptors (Lipinski definition) is 5. The molecule has 2 aromatic rings. The number of methoxy groups -OCH3 is 1. The van der Waals surface area contributed by atoms with Crippen molar-refractivity contribution in [1.29, 1.82) is 0 Å². The molecule has 1 aliphatic heterocycles. The number of ether oxygens (including phenoxy) is 2. The Bertz CT molecular complexity index is 761. The minimum absolute atomic E-state index is 0.157. The number of nitrogens with one attached hydrogen (secondary N) is 1. The van der Waals surface area contributed by atoms with Gasteiger partial charge in [-0.3, -0.25) is 4.79 Å². The van der Waals surface area contributed by atoms with Gasteiger partial charge in [-0.25, -0.2) is 9.37 Å². The van der Waals surface area contributed by atoms with Gasteiger partial charge in [0.2, 0.25) is 11.8 Å². The average Bonchev–Trinajstić information content (AvgIpc) is 2.62. The van der Waals surface area contributed by atoms with Crippen LogP contribution in [0.25, 0.3) is 11.1 Å². The van der Waals surface area contributed by atoms with Crippen molar-refractivity contribution in [3.8, 4) is 17.0 Å². The van der Waals surface area contributed by atoms with E-state index in [9.17, 15) is 9.18 Å². The van der Waals surface area contributed by atoms with Crippen LogP contribution in [0.15, 0.2) is 30.5 Å². The minimum Gasteiger partial charge on any atom is -0.481 e. The van der Waals surface area contributed by atoms with E-state index < -0.39 is 11.7 Å². The van der Waals surface area contributed by atoms with Crippen LogP contribution in [0.3, 0.4) is 0 Å². The number of amides is 1. The molecule has 1 fully saturated rings. The van der Waals surface area contributed by atoms with Crippen molar-refractivity contribution < 1.29 is 18.7 Å². The molecule has 6 nitrogen and oxygen atoms in total. The fourth-order valence-corrected chi connectivity index (χ4v) is 2.70. The Labute approximate surface area is 138 Å². The van der Waals surface area contributed by atoms with Gasteiger partial charge < -0.3 is 20.5 Å². The molecule has 1 aromatic heterocycles. The van der Waals surface area contributed by atoms with Crippen LogP contribution in [0.1, 0.15) is 22.0 Å². The Kier molecular flexibility index (Phi) is 4.73. The summed E-state index contributed by atoms with van der Waals surface area (Å²) in [6.07, 6.45) is 1.20. The van der Waals surface area contributed by atoms with Gasteiger partial charge in [0.1, 0.15) is 5.82 Å². The number of morpholine rings is 1. The molecule has 1 atom stereocenters. The van der Waals surface area contributed by atoms with Gasteiger partial charge >= 0.3 is 0 Å². The highest BCUT2D eigenvalue weighted by Crippen LogP contribution is 2.30. The zero-order valence-electron chi connectivity index (χ0n) is 13.2. The third kappa shape index (κ3) is 3.22. The molecule has 1 amide bonds. The van der Waals surface area contributed by atoms with Crippen LogP contribution in [0, 0.1) is 5.82 Å². The fraction of sp³-hybridized carbons (Fsp3) is 0.294. The van der Waals surface area contributed by atoms with Crippen molar-refractivity contribution in [3.63, 3.8) is 0 Å². The lowest BCUT2D eigenvalue weighted by Crippen LogP contribution is -2.33. The zero-order valence-corrected chi connectivity index (χ0v) is 13.2. The number of carbonyl (C=O) groups excluding carboxylic acids is 1. The first-order valence-electron chi connectivity index (χ1n) is 7.56. The van der Waals surface area contributed by atoms with Crippen LogP contribution >= 0.6 is 0 Å². The van der Waals surface area contributed by atoms with Crippen molar-refractivity contribution >= 4 is 5.91 Å². The largest absolute Gasteiger partial charge is 0.481 e. The van der Waals surface area contributed by atoms with E-state index in [0.29, 0.717) is 18.7 Å². The molecule has 1 aliphatic rings. The Hall–Kier alpha value is -2.51. The number of pyridine rings is 1. The summed E-state index contributed by atoms with van der Waals surface area (Å²) in [6, 6.07) is 6.21. The SMILES string of the molecule is COc1cc(C(N)=O)c(-c2ccc([C@@H]3CNCCO3)cc2F)cn1. The van der Waals surface area contributed by atoms with E-state index in [1.165, 1.54) is 25.4 Å². The van der Waals surface area contributed by atoms with Gasteiger partial charge in [-0.1, -0.05) is 12.1 Å². The standard InChI is InChI=1S/C17H18FN3O3/c1-23-16-7-12(17(19)22)13(8-21-16)11-3-2-10(6-14(11)18)15-9-20-4-5-24-15/h2-3,6-8,15,20H,4-5,9H2,1H3,(H2,19,22)/t15-/m0/s1. The van der Waals surface area contributed by atoms with Gasteiger partial charge in [0.05, 0.1) is 25.4 Å². The van der Waals surface area contributed by atoms with Gasteiger partial charge in [-0.2, -0.15) is 0 Å². The topological polar surface area (TPSA) is 86.5 Å². The third-order valence-corrected chi connectivity index (χ3v) is 3.94. The van der Waals surface area contributed by atoms with Crippen molar-refractivity contribution in [2.24, 2.45) is 5.73 Å². The molecular formula is C17H18FN3O3. The molecule has 0 saturated carbocycles. The number of carbonyl (C=O) groups is 1. The summed E-state index contributed by atoms with van der Waals surface area (Å²) in [5.41, 5.74) is 6.88. The number of primary amides is 1. The number of aromatic nitrogens is 1. The van der Waals surface area contributed by atoms with Crippen molar-refractivity contribution in [2.75, 3.05) is 26.8 Å². The number of benzene rings is 1. The second kappa shape index (κ2) is 6.94. The quantitative estimate of drug-likeness (QED) is 0.890. The maximum atomic E-state index is 14.6. The number of nitrogens with zero attached hydrogens (tertiary/aromatic N) is 1. The molecule has 1 saturated heterocycles. The van der Waals surface area contributed by atoms with Crippen molar-refractivity contribution in [3.05, 3.63) is 47.4 Å². The van der Waals surface area contributed by atoms with Crippen molar-refractivity contribution in [2.45, 2.75) is 6.10 Å². The molecule has 0 spiro atoms.